The Bertz CT molecular complexity index is 1000. The van der Waals surface area contributed by atoms with Crippen LogP contribution < -0.4 is 0 Å². The summed E-state index contributed by atoms with van der Waals surface area (Å²) in [6.07, 6.45) is 4.74. The predicted octanol–water partition coefficient (Wildman–Crippen LogP) is 4.79. The number of hydrogen-bond donors (Lipinski definition) is 1. The second kappa shape index (κ2) is 7.50. The maximum atomic E-state index is 13.7. The number of ketones is 1. The summed E-state index contributed by atoms with van der Waals surface area (Å²) in [6, 6.07) is 6.80. The molecule has 2 heterocycles. The number of rotatable bonds is 3. The van der Waals surface area contributed by atoms with Gasteiger partial charge in [0.2, 0.25) is 0 Å². The van der Waals surface area contributed by atoms with Gasteiger partial charge < -0.3 is 14.4 Å². The van der Waals surface area contributed by atoms with E-state index in [1.807, 2.05) is 0 Å². The lowest BCUT2D eigenvalue weighted by Gasteiger charge is -2.34. The first kappa shape index (κ1) is 19.4. The molecule has 1 aromatic heterocycles. The normalized spacial score (nSPS) is 22.4. The number of carbonyl (C=O) groups is 2. The van der Waals surface area contributed by atoms with Crippen molar-refractivity contribution < 1.29 is 23.5 Å². The van der Waals surface area contributed by atoms with Crippen molar-refractivity contribution in [2.24, 2.45) is 0 Å². The number of likely N-dealkylation sites (tertiary alicyclic amines) is 1. The summed E-state index contributed by atoms with van der Waals surface area (Å²) in [5, 5.41) is 11.0. The van der Waals surface area contributed by atoms with Crippen molar-refractivity contribution in [1.82, 2.24) is 4.90 Å². The molecule has 1 aromatic carbocycles. The van der Waals surface area contributed by atoms with Gasteiger partial charge in [-0.2, -0.15) is 0 Å². The molecule has 1 aliphatic carbocycles. The van der Waals surface area contributed by atoms with E-state index in [-0.39, 0.29) is 17.4 Å². The lowest BCUT2D eigenvalue weighted by molar-refractivity contribution is -0.142. The Labute approximate surface area is 168 Å². The van der Waals surface area contributed by atoms with E-state index in [2.05, 4.69) is 0 Å². The van der Waals surface area contributed by atoms with Crippen molar-refractivity contribution in [3.8, 4) is 0 Å². The Hall–Kier alpha value is -2.89. The summed E-state index contributed by atoms with van der Waals surface area (Å²) in [5.74, 6) is -0.934. The van der Waals surface area contributed by atoms with Crippen LogP contribution in [-0.4, -0.2) is 27.7 Å². The Morgan fingerprint density at radius 3 is 2.45 bits per heavy atom. The lowest BCUT2D eigenvalue weighted by Crippen LogP contribution is -2.40. The fraction of sp³-hybridized carbons (Fsp3) is 0.391. The third-order valence-corrected chi connectivity index (χ3v) is 5.91. The number of carbonyl (C=O) groups excluding carboxylic acids is 2. The zero-order valence-electron chi connectivity index (χ0n) is 16.6. The molecule has 152 valence electrons. The average Bonchev–Trinajstić information content (AvgIpc) is 3.25. The Morgan fingerprint density at radius 2 is 1.83 bits per heavy atom. The molecule has 0 radical (unpaired) electrons. The molecule has 1 saturated carbocycles. The Morgan fingerprint density at radius 1 is 1.10 bits per heavy atom. The van der Waals surface area contributed by atoms with Gasteiger partial charge in [0.05, 0.1) is 5.57 Å². The van der Waals surface area contributed by atoms with Crippen molar-refractivity contribution in [1.29, 1.82) is 0 Å². The van der Waals surface area contributed by atoms with Gasteiger partial charge in [0.25, 0.3) is 11.7 Å². The van der Waals surface area contributed by atoms with Crippen LogP contribution in [0.2, 0.25) is 0 Å². The zero-order chi connectivity index (χ0) is 20.7. The summed E-state index contributed by atoms with van der Waals surface area (Å²) < 4.78 is 19.5. The molecule has 1 amide bonds. The smallest absolute Gasteiger partial charge is 0.296 e. The van der Waals surface area contributed by atoms with Crippen LogP contribution in [0.4, 0.5) is 4.39 Å². The van der Waals surface area contributed by atoms with E-state index in [0.29, 0.717) is 22.6 Å². The number of benzene rings is 1. The molecule has 1 unspecified atom stereocenters. The molecular weight excluding hydrogens is 373 g/mol. The quantitative estimate of drug-likeness (QED) is 0.459. The largest absolute Gasteiger partial charge is 0.507 e. The van der Waals surface area contributed by atoms with E-state index in [4.69, 9.17) is 4.42 Å². The number of aliphatic hydroxyl groups is 1. The highest BCUT2D eigenvalue weighted by atomic mass is 19.1. The van der Waals surface area contributed by atoms with Crippen LogP contribution in [0, 0.1) is 19.7 Å². The zero-order valence-corrected chi connectivity index (χ0v) is 16.6. The lowest BCUT2D eigenvalue weighted by atomic mass is 9.92. The molecule has 6 heteroatoms. The highest BCUT2D eigenvalue weighted by molar-refractivity contribution is 6.46. The second-order valence-electron chi connectivity index (χ2n) is 7.91. The molecule has 2 aliphatic rings. The highest BCUT2D eigenvalue weighted by Crippen LogP contribution is 2.43. The number of halogens is 1. The minimum Gasteiger partial charge on any atom is -0.507 e. The third kappa shape index (κ3) is 3.37. The monoisotopic (exact) mass is 397 g/mol. The van der Waals surface area contributed by atoms with E-state index in [1.165, 1.54) is 18.2 Å². The van der Waals surface area contributed by atoms with Gasteiger partial charge in [0.1, 0.15) is 29.1 Å². The van der Waals surface area contributed by atoms with E-state index in [9.17, 15) is 19.1 Å². The number of nitrogens with zero attached hydrogens (tertiary/aromatic N) is 1. The van der Waals surface area contributed by atoms with Gasteiger partial charge in [-0.15, -0.1) is 0 Å². The van der Waals surface area contributed by atoms with Crippen LogP contribution in [0.3, 0.4) is 0 Å². The minimum absolute atomic E-state index is 0.000863. The molecule has 1 saturated heterocycles. The van der Waals surface area contributed by atoms with Gasteiger partial charge >= 0.3 is 0 Å². The van der Waals surface area contributed by atoms with E-state index in [0.717, 1.165) is 32.1 Å². The highest BCUT2D eigenvalue weighted by Gasteiger charge is 2.50. The van der Waals surface area contributed by atoms with Gasteiger partial charge in [-0.25, -0.2) is 4.39 Å². The van der Waals surface area contributed by atoms with Crippen molar-refractivity contribution >= 4 is 17.4 Å². The molecule has 1 aliphatic heterocycles. The number of aliphatic hydroxyl groups excluding tert-OH is 1. The van der Waals surface area contributed by atoms with E-state index < -0.39 is 23.5 Å². The fourth-order valence-corrected chi connectivity index (χ4v) is 4.41. The van der Waals surface area contributed by atoms with Crippen LogP contribution in [0.15, 0.2) is 40.3 Å². The summed E-state index contributed by atoms with van der Waals surface area (Å²) in [5.41, 5.74) is 0.653. The number of amides is 1. The first-order valence-corrected chi connectivity index (χ1v) is 10.0. The molecule has 29 heavy (non-hydrogen) atoms. The molecule has 2 aromatic rings. The second-order valence-corrected chi connectivity index (χ2v) is 7.91. The molecule has 4 rings (SSSR count). The average molecular weight is 397 g/mol. The molecule has 1 atom stereocenters. The van der Waals surface area contributed by atoms with Crippen LogP contribution >= 0.6 is 0 Å². The predicted molar refractivity (Wildman–Crippen MR) is 106 cm³/mol. The van der Waals surface area contributed by atoms with E-state index in [1.54, 1.807) is 30.9 Å². The van der Waals surface area contributed by atoms with Gasteiger partial charge in [-0.05, 0) is 62.6 Å². The van der Waals surface area contributed by atoms with Crippen molar-refractivity contribution in [2.75, 3.05) is 0 Å². The Kier molecular flexibility index (Phi) is 5.03. The third-order valence-electron chi connectivity index (χ3n) is 5.91. The van der Waals surface area contributed by atoms with Crippen molar-refractivity contribution in [3.05, 3.63) is 64.4 Å². The van der Waals surface area contributed by atoms with Gasteiger partial charge in [-0.3, -0.25) is 9.59 Å². The molecule has 1 N–H and O–H groups in total. The SMILES string of the molecule is Cc1ccc(C2/C(=C(/O)c3ccc(F)c(C)c3)C(=O)C(=O)N2C2CCCCC2)o1. The number of furan rings is 1. The maximum absolute atomic E-state index is 13.7. The van der Waals surface area contributed by atoms with Crippen LogP contribution in [0.1, 0.15) is 60.8 Å². The molecule has 5 nitrogen and oxygen atoms in total. The van der Waals surface area contributed by atoms with Crippen LogP contribution in [0.5, 0.6) is 0 Å². The summed E-state index contributed by atoms with van der Waals surface area (Å²) >= 11 is 0. The first-order chi connectivity index (χ1) is 13.9. The van der Waals surface area contributed by atoms with Crippen molar-refractivity contribution in [3.63, 3.8) is 0 Å². The van der Waals surface area contributed by atoms with Crippen LogP contribution in [-0.2, 0) is 9.59 Å². The number of hydrogen-bond acceptors (Lipinski definition) is 4. The topological polar surface area (TPSA) is 70.8 Å². The van der Waals surface area contributed by atoms with Gasteiger partial charge in [0.15, 0.2) is 0 Å². The summed E-state index contributed by atoms with van der Waals surface area (Å²) in [4.78, 5) is 27.6. The number of Topliss-reactive ketones (excluding diaryl/α,β-unsaturated/α-hetero) is 1. The summed E-state index contributed by atoms with van der Waals surface area (Å²) in [6.45, 7) is 3.37. The Balaban J connectivity index is 1.87. The van der Waals surface area contributed by atoms with Gasteiger partial charge in [0, 0.05) is 11.6 Å². The van der Waals surface area contributed by atoms with Crippen molar-refractivity contribution in [2.45, 2.75) is 58.0 Å². The fourth-order valence-electron chi connectivity index (χ4n) is 4.41. The van der Waals surface area contributed by atoms with Gasteiger partial charge in [-0.1, -0.05) is 19.3 Å². The minimum atomic E-state index is -0.780. The maximum Gasteiger partial charge on any atom is 0.296 e. The molecule has 0 bridgehead atoms. The standard InChI is InChI=1S/C23H24FNO4/c1-13-12-15(9-10-17(13)24)21(26)19-20(18-11-8-14(2)29-18)25(23(28)22(19)27)16-6-4-3-5-7-16/h8-12,16,20,26H,3-7H2,1-2H3/b21-19-. The summed E-state index contributed by atoms with van der Waals surface area (Å²) in [7, 11) is 0. The molecule has 2 fully saturated rings. The van der Waals surface area contributed by atoms with E-state index >= 15 is 0 Å². The van der Waals surface area contributed by atoms with Crippen LogP contribution in [0.25, 0.3) is 5.76 Å². The molecule has 0 spiro atoms. The number of aryl methyl sites for hydroxylation is 2. The first-order valence-electron chi connectivity index (χ1n) is 10.0. The molecular formula is C23H24FNO4.